The van der Waals surface area contributed by atoms with Gasteiger partial charge in [0.15, 0.2) is 0 Å². The molecule has 0 spiro atoms. The van der Waals surface area contributed by atoms with E-state index >= 15 is 0 Å². The Hall–Kier alpha value is -0.780. The Labute approximate surface area is 127 Å². The molecule has 1 aromatic rings. The summed E-state index contributed by atoms with van der Waals surface area (Å²) in [4.78, 5) is 13.7. The molecule has 112 valence electrons. The molecule has 1 aromatic heterocycles. The zero-order valence-corrected chi connectivity index (χ0v) is 13.6. The molecule has 0 saturated heterocycles. The Morgan fingerprint density at radius 1 is 1.47 bits per heavy atom. The first-order valence-electron chi connectivity index (χ1n) is 5.75. The molecule has 0 aromatic carbocycles. The highest BCUT2D eigenvalue weighted by molar-refractivity contribution is 5.85. The summed E-state index contributed by atoms with van der Waals surface area (Å²) in [5, 5.41) is 4.05. The molecule has 0 unspecified atom stereocenters. The van der Waals surface area contributed by atoms with Gasteiger partial charge in [-0.1, -0.05) is 13.8 Å². The van der Waals surface area contributed by atoms with Gasteiger partial charge < -0.3 is 10.6 Å². The van der Waals surface area contributed by atoms with Crippen LogP contribution in [-0.4, -0.2) is 40.7 Å². The number of carbonyl (C=O) groups is 1. The number of halogens is 2. The van der Waals surface area contributed by atoms with Crippen molar-refractivity contribution in [3.05, 3.63) is 18.0 Å². The molecule has 0 aliphatic heterocycles. The van der Waals surface area contributed by atoms with Crippen LogP contribution in [0.3, 0.4) is 0 Å². The molecule has 0 aliphatic rings. The van der Waals surface area contributed by atoms with E-state index in [4.69, 9.17) is 5.73 Å². The van der Waals surface area contributed by atoms with Gasteiger partial charge in [0.05, 0.1) is 12.6 Å². The smallest absolute Gasteiger partial charge is 0.226 e. The van der Waals surface area contributed by atoms with Crippen molar-refractivity contribution in [2.45, 2.75) is 20.3 Å². The zero-order chi connectivity index (χ0) is 13.1. The second-order valence-corrected chi connectivity index (χ2v) is 5.32. The van der Waals surface area contributed by atoms with Gasteiger partial charge >= 0.3 is 0 Å². The normalized spacial score (nSPS) is 10.4. The minimum Gasteiger partial charge on any atom is -0.345 e. The molecule has 1 heterocycles. The van der Waals surface area contributed by atoms with Crippen LogP contribution >= 0.6 is 24.8 Å². The highest BCUT2D eigenvalue weighted by Gasteiger charge is 2.21. The first kappa shape index (κ1) is 20.5. The van der Waals surface area contributed by atoms with Gasteiger partial charge in [0.2, 0.25) is 5.91 Å². The third-order valence-electron chi connectivity index (χ3n) is 2.76. The zero-order valence-electron chi connectivity index (χ0n) is 11.9. The Bertz CT molecular complexity index is 393. The number of nitrogens with two attached hydrogens (primary N) is 1. The Morgan fingerprint density at radius 2 is 2.05 bits per heavy atom. The summed E-state index contributed by atoms with van der Waals surface area (Å²) in [6.45, 7) is 5.35. The van der Waals surface area contributed by atoms with Gasteiger partial charge in [0.1, 0.15) is 0 Å². The molecule has 2 N–H and O–H groups in total. The number of carbonyl (C=O) groups excluding carboxylic acids is 1. The van der Waals surface area contributed by atoms with E-state index in [1.54, 1.807) is 15.8 Å². The van der Waals surface area contributed by atoms with Crippen LogP contribution in [0.1, 0.15) is 19.4 Å². The molecule has 19 heavy (non-hydrogen) atoms. The van der Waals surface area contributed by atoms with Crippen molar-refractivity contribution in [2.24, 2.45) is 18.2 Å². The van der Waals surface area contributed by atoms with Crippen LogP contribution in [-0.2, 0) is 18.3 Å². The maximum Gasteiger partial charge on any atom is 0.226 e. The van der Waals surface area contributed by atoms with Crippen LogP contribution < -0.4 is 5.73 Å². The van der Waals surface area contributed by atoms with Crippen molar-refractivity contribution in [2.75, 3.05) is 20.1 Å². The molecule has 1 amide bonds. The summed E-state index contributed by atoms with van der Waals surface area (Å²) in [5.41, 5.74) is 6.56. The minimum atomic E-state index is -0.0423. The number of amides is 1. The molecule has 0 bridgehead atoms. The van der Waals surface area contributed by atoms with Gasteiger partial charge in [-0.05, 0) is 17.5 Å². The van der Waals surface area contributed by atoms with Gasteiger partial charge in [0, 0.05) is 26.8 Å². The quantitative estimate of drug-likeness (QED) is 0.890. The SMILES string of the molecule is CN(CC(C)(C)CN)C(=O)Cc1cnn(C)c1.Cl.Cl. The molecule has 5 nitrogen and oxygen atoms in total. The summed E-state index contributed by atoms with van der Waals surface area (Å²) < 4.78 is 1.70. The van der Waals surface area contributed by atoms with Crippen molar-refractivity contribution in [1.29, 1.82) is 0 Å². The summed E-state index contributed by atoms with van der Waals surface area (Å²) in [6.07, 6.45) is 3.98. The fraction of sp³-hybridized carbons (Fsp3) is 0.667. The van der Waals surface area contributed by atoms with Crippen molar-refractivity contribution in [1.82, 2.24) is 14.7 Å². The maximum absolute atomic E-state index is 12.0. The lowest BCUT2D eigenvalue weighted by atomic mass is 9.93. The summed E-state index contributed by atoms with van der Waals surface area (Å²) in [6, 6.07) is 0. The molecular weight excluding hydrogens is 287 g/mol. The maximum atomic E-state index is 12.0. The van der Waals surface area contributed by atoms with Gasteiger partial charge in [-0.3, -0.25) is 9.48 Å². The van der Waals surface area contributed by atoms with Crippen LogP contribution in [0.4, 0.5) is 0 Å². The number of hydrogen-bond donors (Lipinski definition) is 1. The Kier molecular flexibility index (Phi) is 9.08. The lowest BCUT2D eigenvalue weighted by Crippen LogP contribution is -2.40. The van der Waals surface area contributed by atoms with Gasteiger partial charge in [-0.15, -0.1) is 24.8 Å². The number of rotatable bonds is 5. The monoisotopic (exact) mass is 310 g/mol. The molecule has 0 atom stereocenters. The molecule has 0 aliphatic carbocycles. The Balaban J connectivity index is 0. The van der Waals surface area contributed by atoms with E-state index in [2.05, 4.69) is 18.9 Å². The third kappa shape index (κ3) is 6.80. The summed E-state index contributed by atoms with van der Waals surface area (Å²) in [7, 11) is 3.66. The third-order valence-corrected chi connectivity index (χ3v) is 2.76. The topological polar surface area (TPSA) is 64.2 Å². The fourth-order valence-electron chi connectivity index (χ4n) is 1.67. The highest BCUT2D eigenvalue weighted by Crippen LogP contribution is 2.14. The van der Waals surface area contributed by atoms with E-state index in [0.717, 1.165) is 5.56 Å². The number of aryl methyl sites for hydroxylation is 1. The van der Waals surface area contributed by atoms with Crippen LogP contribution in [0.15, 0.2) is 12.4 Å². The highest BCUT2D eigenvalue weighted by atomic mass is 35.5. The van der Waals surface area contributed by atoms with E-state index in [1.807, 2.05) is 20.3 Å². The van der Waals surface area contributed by atoms with E-state index in [0.29, 0.717) is 19.5 Å². The molecule has 1 rings (SSSR count). The van der Waals surface area contributed by atoms with E-state index in [-0.39, 0.29) is 36.1 Å². The van der Waals surface area contributed by atoms with Crippen LogP contribution in [0.2, 0.25) is 0 Å². The summed E-state index contributed by atoms with van der Waals surface area (Å²) >= 11 is 0. The average Bonchev–Trinajstić information content (AvgIpc) is 2.63. The standard InChI is InChI=1S/C12H22N4O.2ClH/c1-12(2,8-13)9-15(3)11(17)5-10-6-14-16(4)7-10;;/h6-7H,5,8-9,13H2,1-4H3;2*1H. The predicted molar refractivity (Wildman–Crippen MR) is 81.9 cm³/mol. The molecule has 0 fully saturated rings. The fourth-order valence-corrected chi connectivity index (χ4v) is 1.67. The van der Waals surface area contributed by atoms with Crippen LogP contribution in [0, 0.1) is 5.41 Å². The first-order valence-corrected chi connectivity index (χ1v) is 5.75. The molecule has 0 saturated carbocycles. The van der Waals surface area contributed by atoms with Gasteiger partial charge in [-0.25, -0.2) is 0 Å². The second kappa shape index (κ2) is 8.40. The van der Waals surface area contributed by atoms with Crippen molar-refractivity contribution >= 4 is 30.7 Å². The van der Waals surface area contributed by atoms with Gasteiger partial charge in [0.25, 0.3) is 0 Å². The number of likely N-dealkylation sites (N-methyl/N-ethyl adjacent to an activating group) is 1. The van der Waals surface area contributed by atoms with Crippen molar-refractivity contribution < 1.29 is 4.79 Å². The predicted octanol–water partition coefficient (Wildman–Crippen LogP) is 1.25. The lowest BCUT2D eigenvalue weighted by Gasteiger charge is -2.29. The number of nitrogens with zero attached hydrogens (tertiary/aromatic N) is 3. The number of hydrogen-bond acceptors (Lipinski definition) is 3. The molecular formula is C12H24Cl2N4O. The number of aromatic nitrogens is 2. The van der Waals surface area contributed by atoms with E-state index < -0.39 is 0 Å². The van der Waals surface area contributed by atoms with Crippen LogP contribution in [0.5, 0.6) is 0 Å². The largest absolute Gasteiger partial charge is 0.345 e. The molecule has 0 radical (unpaired) electrons. The Morgan fingerprint density at radius 3 is 2.47 bits per heavy atom. The van der Waals surface area contributed by atoms with E-state index in [9.17, 15) is 4.79 Å². The van der Waals surface area contributed by atoms with Crippen molar-refractivity contribution in [3.8, 4) is 0 Å². The summed E-state index contributed by atoms with van der Waals surface area (Å²) in [5.74, 6) is 0.0968. The van der Waals surface area contributed by atoms with Crippen LogP contribution in [0.25, 0.3) is 0 Å². The average molecular weight is 311 g/mol. The van der Waals surface area contributed by atoms with Crippen molar-refractivity contribution in [3.63, 3.8) is 0 Å². The molecule has 7 heteroatoms. The first-order chi connectivity index (χ1) is 7.84. The minimum absolute atomic E-state index is 0. The lowest BCUT2D eigenvalue weighted by molar-refractivity contribution is -0.130. The van der Waals surface area contributed by atoms with Gasteiger partial charge in [-0.2, -0.15) is 5.10 Å². The van der Waals surface area contributed by atoms with E-state index in [1.165, 1.54) is 0 Å². The second-order valence-electron chi connectivity index (χ2n) is 5.32.